The van der Waals surface area contributed by atoms with Gasteiger partial charge in [-0.3, -0.25) is 14.9 Å². The molecule has 0 unspecified atom stereocenters. The molecule has 0 aromatic rings. The highest BCUT2D eigenvalue weighted by Crippen LogP contribution is 2.25. The van der Waals surface area contributed by atoms with Gasteiger partial charge in [0.05, 0.1) is 0 Å². The van der Waals surface area contributed by atoms with Crippen molar-refractivity contribution in [2.45, 2.75) is 39.5 Å². The quantitative estimate of drug-likeness (QED) is 0.467. The van der Waals surface area contributed by atoms with E-state index in [2.05, 4.69) is 16.0 Å². The van der Waals surface area contributed by atoms with Crippen molar-refractivity contribution in [1.82, 2.24) is 16.0 Å². The molecule has 20 heavy (non-hydrogen) atoms. The van der Waals surface area contributed by atoms with Crippen molar-refractivity contribution in [3.63, 3.8) is 0 Å². The van der Waals surface area contributed by atoms with Gasteiger partial charge in [-0.2, -0.15) is 0 Å². The smallest absolute Gasteiger partial charge is 0.321 e. The van der Waals surface area contributed by atoms with Crippen LogP contribution in [0.15, 0.2) is 0 Å². The van der Waals surface area contributed by atoms with E-state index in [-0.39, 0.29) is 24.2 Å². The number of nitrogens with one attached hydrogen (secondary N) is 3. The summed E-state index contributed by atoms with van der Waals surface area (Å²) in [5, 5.41) is 16.2. The van der Waals surface area contributed by atoms with Crippen molar-refractivity contribution in [2.24, 2.45) is 5.41 Å². The summed E-state index contributed by atoms with van der Waals surface area (Å²) in [6, 6.07) is -0.509. The maximum atomic E-state index is 11.3. The fraction of sp³-hybridized carbons (Fsp3) is 0.769. The molecule has 0 aliphatic heterocycles. The minimum Gasteiger partial charge on any atom is -0.481 e. The molecule has 0 aliphatic rings. The summed E-state index contributed by atoms with van der Waals surface area (Å²) >= 11 is 0. The number of rotatable bonds is 9. The Morgan fingerprint density at radius 3 is 2.25 bits per heavy atom. The third kappa shape index (κ3) is 10.3. The van der Waals surface area contributed by atoms with E-state index in [1.54, 1.807) is 0 Å². The summed E-state index contributed by atoms with van der Waals surface area (Å²) in [5.74, 6) is -1.11. The summed E-state index contributed by atoms with van der Waals surface area (Å²) in [6.07, 6.45) is 1.85. The summed E-state index contributed by atoms with van der Waals surface area (Å²) in [5.41, 5.74) is -0.0459. The molecule has 0 aliphatic carbocycles. The zero-order valence-corrected chi connectivity index (χ0v) is 12.4. The van der Waals surface area contributed by atoms with Gasteiger partial charge in [-0.05, 0) is 24.8 Å². The molecule has 0 aromatic carbocycles. The van der Waals surface area contributed by atoms with E-state index in [0.717, 1.165) is 6.42 Å². The lowest BCUT2D eigenvalue weighted by atomic mass is 9.84. The first-order valence-electron chi connectivity index (χ1n) is 6.71. The second-order valence-corrected chi connectivity index (χ2v) is 5.44. The fourth-order valence-electron chi connectivity index (χ4n) is 1.58. The molecule has 7 heteroatoms. The second-order valence-electron chi connectivity index (χ2n) is 5.44. The molecule has 0 rings (SSSR count). The lowest BCUT2D eigenvalue weighted by Gasteiger charge is -2.23. The van der Waals surface area contributed by atoms with Crippen molar-refractivity contribution in [3.05, 3.63) is 0 Å². The van der Waals surface area contributed by atoms with Crippen LogP contribution in [0.3, 0.4) is 0 Å². The van der Waals surface area contributed by atoms with E-state index in [4.69, 9.17) is 5.11 Å². The highest BCUT2D eigenvalue weighted by molar-refractivity contribution is 5.94. The summed E-state index contributed by atoms with van der Waals surface area (Å²) in [6.45, 7) is 5.24. The van der Waals surface area contributed by atoms with Gasteiger partial charge in [0, 0.05) is 26.4 Å². The number of carboxylic acid groups (broad SMARTS) is 1. The second kappa shape index (κ2) is 9.30. The molecule has 0 heterocycles. The Balaban J connectivity index is 3.67. The van der Waals surface area contributed by atoms with Crippen LogP contribution in [0.4, 0.5) is 4.79 Å². The molecule has 0 spiro atoms. The Bertz CT molecular complexity index is 343. The molecule has 0 atom stereocenters. The lowest BCUT2D eigenvalue weighted by Crippen LogP contribution is -2.38. The van der Waals surface area contributed by atoms with Crippen LogP contribution in [0.25, 0.3) is 0 Å². The first kappa shape index (κ1) is 18.4. The summed E-state index contributed by atoms with van der Waals surface area (Å²) in [4.78, 5) is 32.6. The Morgan fingerprint density at radius 1 is 1.05 bits per heavy atom. The predicted octanol–water partition coefficient (Wildman–Crippen LogP) is 0.703. The Labute approximate surface area is 119 Å². The lowest BCUT2D eigenvalue weighted by molar-refractivity contribution is -0.137. The number of aliphatic carboxylic acids is 1. The van der Waals surface area contributed by atoms with Gasteiger partial charge in [0.25, 0.3) is 0 Å². The Morgan fingerprint density at radius 2 is 1.70 bits per heavy atom. The molecule has 4 N–H and O–H groups in total. The average Bonchev–Trinajstić information content (AvgIpc) is 2.35. The molecule has 0 radical (unpaired) electrons. The van der Waals surface area contributed by atoms with Gasteiger partial charge in [0.1, 0.15) is 0 Å². The minimum absolute atomic E-state index is 0.0459. The number of carbonyl (C=O) groups excluding carboxylic acids is 2. The molecular weight excluding hydrogens is 262 g/mol. The number of carboxylic acids is 1. The molecule has 0 fully saturated rings. The van der Waals surface area contributed by atoms with Crippen LogP contribution in [-0.2, 0) is 9.59 Å². The molecule has 0 bridgehead atoms. The van der Waals surface area contributed by atoms with E-state index in [0.29, 0.717) is 19.5 Å². The van der Waals surface area contributed by atoms with Crippen LogP contribution in [0.1, 0.15) is 39.5 Å². The zero-order chi connectivity index (χ0) is 15.6. The maximum Gasteiger partial charge on any atom is 0.321 e. The highest BCUT2D eigenvalue weighted by atomic mass is 16.4. The van der Waals surface area contributed by atoms with Gasteiger partial charge >= 0.3 is 12.0 Å². The maximum absolute atomic E-state index is 11.3. The average molecular weight is 287 g/mol. The van der Waals surface area contributed by atoms with E-state index >= 15 is 0 Å². The van der Waals surface area contributed by atoms with Crippen LogP contribution in [0, 0.1) is 5.41 Å². The SMILES string of the molecule is CNC(=O)NC(=O)CCNCCC(C)(C)CCC(=O)O. The summed E-state index contributed by atoms with van der Waals surface area (Å²) < 4.78 is 0. The van der Waals surface area contributed by atoms with E-state index in [1.807, 2.05) is 13.8 Å². The molecule has 3 amide bonds. The van der Waals surface area contributed by atoms with Crippen LogP contribution < -0.4 is 16.0 Å². The monoisotopic (exact) mass is 287 g/mol. The topological polar surface area (TPSA) is 108 Å². The fourth-order valence-corrected chi connectivity index (χ4v) is 1.58. The third-order valence-corrected chi connectivity index (χ3v) is 3.00. The molecule has 7 nitrogen and oxygen atoms in total. The number of imide groups is 1. The number of urea groups is 1. The highest BCUT2D eigenvalue weighted by Gasteiger charge is 2.18. The van der Waals surface area contributed by atoms with Gasteiger partial charge < -0.3 is 15.7 Å². The molecule has 0 saturated carbocycles. The van der Waals surface area contributed by atoms with Gasteiger partial charge in [0.2, 0.25) is 5.91 Å². The van der Waals surface area contributed by atoms with E-state index in [1.165, 1.54) is 7.05 Å². The first-order chi connectivity index (χ1) is 9.26. The number of hydrogen-bond acceptors (Lipinski definition) is 4. The van der Waals surface area contributed by atoms with Crippen LogP contribution in [0.5, 0.6) is 0 Å². The predicted molar refractivity (Wildman–Crippen MR) is 75.4 cm³/mol. The number of hydrogen-bond donors (Lipinski definition) is 4. The normalized spacial score (nSPS) is 10.9. The van der Waals surface area contributed by atoms with Gasteiger partial charge in [0.15, 0.2) is 0 Å². The number of amides is 3. The van der Waals surface area contributed by atoms with Gasteiger partial charge in [-0.25, -0.2) is 4.79 Å². The Hall–Kier alpha value is -1.63. The van der Waals surface area contributed by atoms with Gasteiger partial charge in [-0.1, -0.05) is 13.8 Å². The first-order valence-corrected chi connectivity index (χ1v) is 6.71. The standard InChI is InChI=1S/C13H25N3O4/c1-13(2,6-4-11(18)19)7-9-15-8-5-10(17)16-12(20)14-3/h15H,4-9H2,1-3H3,(H,18,19)(H2,14,16,17,20). The third-order valence-electron chi connectivity index (χ3n) is 3.00. The van der Waals surface area contributed by atoms with Crippen molar-refractivity contribution in [1.29, 1.82) is 0 Å². The van der Waals surface area contributed by atoms with E-state index in [9.17, 15) is 14.4 Å². The van der Waals surface area contributed by atoms with Crippen molar-refractivity contribution >= 4 is 17.9 Å². The van der Waals surface area contributed by atoms with Crippen molar-refractivity contribution in [2.75, 3.05) is 20.1 Å². The molecular formula is C13H25N3O4. The van der Waals surface area contributed by atoms with E-state index < -0.39 is 12.0 Å². The van der Waals surface area contributed by atoms with Crippen molar-refractivity contribution in [3.8, 4) is 0 Å². The van der Waals surface area contributed by atoms with Crippen LogP contribution in [-0.4, -0.2) is 43.2 Å². The molecule has 116 valence electrons. The molecule has 0 saturated heterocycles. The summed E-state index contributed by atoms with van der Waals surface area (Å²) in [7, 11) is 1.44. The van der Waals surface area contributed by atoms with Crippen LogP contribution in [0.2, 0.25) is 0 Å². The number of carbonyl (C=O) groups is 3. The van der Waals surface area contributed by atoms with Crippen molar-refractivity contribution < 1.29 is 19.5 Å². The minimum atomic E-state index is -0.781. The van der Waals surface area contributed by atoms with Crippen LogP contribution >= 0.6 is 0 Å². The van der Waals surface area contributed by atoms with Gasteiger partial charge in [-0.15, -0.1) is 0 Å². The largest absolute Gasteiger partial charge is 0.481 e. The molecule has 0 aromatic heterocycles. The Kier molecular flexibility index (Phi) is 8.54. The zero-order valence-electron chi connectivity index (χ0n) is 12.4.